The number of benzene rings is 3. The number of aryl methyl sites for hydroxylation is 1. The summed E-state index contributed by atoms with van der Waals surface area (Å²) in [4.78, 5) is 27.9. The number of ketones is 1. The monoisotopic (exact) mass is 437 g/mol. The summed E-state index contributed by atoms with van der Waals surface area (Å²) >= 11 is 12.2. The third-order valence-electron chi connectivity index (χ3n) is 5.11. The number of hydrogen-bond acceptors (Lipinski definition) is 3. The highest BCUT2D eigenvalue weighted by Crippen LogP contribution is 2.43. The Kier molecular flexibility index (Phi) is 5.37. The van der Waals surface area contributed by atoms with E-state index in [2.05, 4.69) is 0 Å². The molecule has 150 valence electrons. The number of hydrogen-bond donors (Lipinski definition) is 1. The number of aliphatic hydroxyl groups is 1. The smallest absolute Gasteiger partial charge is 0.294 e. The van der Waals surface area contributed by atoms with Crippen LogP contribution in [-0.4, -0.2) is 16.8 Å². The Bertz CT molecular complexity index is 1170. The molecule has 1 aliphatic rings. The van der Waals surface area contributed by atoms with Crippen LogP contribution in [0.1, 0.15) is 27.5 Å². The lowest BCUT2D eigenvalue weighted by atomic mass is 9.92. The van der Waals surface area contributed by atoms with Crippen LogP contribution in [0.4, 0.5) is 5.69 Å². The van der Waals surface area contributed by atoms with E-state index in [4.69, 9.17) is 23.2 Å². The van der Waals surface area contributed by atoms with Crippen molar-refractivity contribution in [3.05, 3.63) is 111 Å². The van der Waals surface area contributed by atoms with Gasteiger partial charge in [0.15, 0.2) is 11.5 Å². The highest BCUT2D eigenvalue weighted by atomic mass is 35.5. The Morgan fingerprint density at radius 1 is 0.933 bits per heavy atom. The first-order valence-corrected chi connectivity index (χ1v) is 10.0. The van der Waals surface area contributed by atoms with Crippen LogP contribution in [-0.2, 0) is 4.79 Å². The van der Waals surface area contributed by atoms with Crippen molar-refractivity contribution in [2.75, 3.05) is 4.90 Å². The van der Waals surface area contributed by atoms with E-state index in [9.17, 15) is 14.7 Å². The molecule has 1 heterocycles. The average molecular weight is 438 g/mol. The molecular formula is C24H17Cl2NO3. The largest absolute Gasteiger partial charge is 0.503 e. The summed E-state index contributed by atoms with van der Waals surface area (Å²) in [5.41, 5.74) is 2.36. The molecule has 3 aromatic rings. The maximum absolute atomic E-state index is 13.3. The Hall–Kier alpha value is -3.08. The number of carbonyl (C=O) groups is 2. The molecule has 1 unspecified atom stereocenters. The van der Waals surface area contributed by atoms with Crippen LogP contribution >= 0.6 is 23.2 Å². The first-order chi connectivity index (χ1) is 14.4. The van der Waals surface area contributed by atoms with Crippen LogP contribution in [0, 0.1) is 6.92 Å². The summed E-state index contributed by atoms with van der Waals surface area (Å²) < 4.78 is 0. The number of rotatable bonds is 4. The summed E-state index contributed by atoms with van der Waals surface area (Å²) in [6.45, 7) is 1.84. The molecule has 0 fully saturated rings. The number of halogens is 2. The quantitative estimate of drug-likeness (QED) is 0.502. The van der Waals surface area contributed by atoms with Gasteiger partial charge in [0.2, 0.25) is 0 Å². The highest BCUT2D eigenvalue weighted by molar-refractivity contribution is 6.31. The van der Waals surface area contributed by atoms with Gasteiger partial charge in [-0.05, 0) is 42.3 Å². The zero-order chi connectivity index (χ0) is 21.4. The molecule has 0 aliphatic carbocycles. The summed E-state index contributed by atoms with van der Waals surface area (Å²) in [5, 5.41) is 11.7. The molecule has 0 radical (unpaired) electrons. The predicted octanol–water partition coefficient (Wildman–Crippen LogP) is 6.08. The van der Waals surface area contributed by atoms with Crippen molar-refractivity contribution < 1.29 is 14.7 Å². The molecule has 30 heavy (non-hydrogen) atoms. The van der Waals surface area contributed by atoms with Gasteiger partial charge in [-0.15, -0.1) is 0 Å². The highest BCUT2D eigenvalue weighted by Gasteiger charge is 2.45. The SMILES string of the molecule is Cc1ccc(Cl)cc1N1C(=O)C(O)=C(C(=O)c2ccccc2)C1c1ccc(Cl)cc1. The summed E-state index contributed by atoms with van der Waals surface area (Å²) in [6.07, 6.45) is 0. The van der Waals surface area contributed by atoms with Gasteiger partial charge in [-0.3, -0.25) is 14.5 Å². The van der Waals surface area contributed by atoms with Crippen molar-refractivity contribution in [1.29, 1.82) is 0 Å². The van der Waals surface area contributed by atoms with E-state index in [1.807, 2.05) is 6.92 Å². The van der Waals surface area contributed by atoms with Crippen LogP contribution in [0.25, 0.3) is 0 Å². The summed E-state index contributed by atoms with van der Waals surface area (Å²) in [7, 11) is 0. The molecule has 1 N–H and O–H groups in total. The van der Waals surface area contributed by atoms with E-state index < -0.39 is 23.5 Å². The molecule has 3 aromatic carbocycles. The van der Waals surface area contributed by atoms with Gasteiger partial charge in [-0.25, -0.2) is 0 Å². The number of nitrogens with zero attached hydrogens (tertiary/aromatic N) is 1. The van der Waals surface area contributed by atoms with Gasteiger partial charge in [-0.1, -0.05) is 71.7 Å². The molecule has 4 nitrogen and oxygen atoms in total. The molecule has 1 atom stereocenters. The molecule has 6 heteroatoms. The molecule has 1 amide bonds. The molecule has 0 saturated heterocycles. The predicted molar refractivity (Wildman–Crippen MR) is 118 cm³/mol. The van der Waals surface area contributed by atoms with Crippen LogP contribution < -0.4 is 4.90 Å². The third-order valence-corrected chi connectivity index (χ3v) is 5.59. The Balaban J connectivity index is 1.92. The lowest BCUT2D eigenvalue weighted by Gasteiger charge is -2.28. The van der Waals surface area contributed by atoms with Crippen molar-refractivity contribution in [2.45, 2.75) is 13.0 Å². The van der Waals surface area contributed by atoms with Crippen LogP contribution in [0.3, 0.4) is 0 Å². The first kappa shape index (κ1) is 20.2. The summed E-state index contributed by atoms with van der Waals surface area (Å²) in [6, 6.07) is 19.8. The molecule has 0 spiro atoms. The summed E-state index contributed by atoms with van der Waals surface area (Å²) in [5.74, 6) is -1.63. The van der Waals surface area contributed by atoms with Crippen LogP contribution in [0.2, 0.25) is 10.0 Å². The Morgan fingerprint density at radius 3 is 2.23 bits per heavy atom. The zero-order valence-electron chi connectivity index (χ0n) is 16.0. The van der Waals surface area contributed by atoms with E-state index in [1.54, 1.807) is 72.8 Å². The number of aliphatic hydroxyl groups excluding tert-OH is 1. The Morgan fingerprint density at radius 2 is 1.57 bits per heavy atom. The molecular weight excluding hydrogens is 421 g/mol. The van der Waals surface area contributed by atoms with Gasteiger partial charge in [0.25, 0.3) is 5.91 Å². The van der Waals surface area contributed by atoms with Crippen molar-refractivity contribution >= 4 is 40.6 Å². The fraction of sp³-hybridized carbons (Fsp3) is 0.0833. The van der Waals surface area contributed by atoms with Gasteiger partial charge >= 0.3 is 0 Å². The van der Waals surface area contributed by atoms with Gasteiger partial charge in [-0.2, -0.15) is 0 Å². The van der Waals surface area contributed by atoms with Crippen molar-refractivity contribution in [3.63, 3.8) is 0 Å². The van der Waals surface area contributed by atoms with Crippen LogP contribution in [0.5, 0.6) is 0 Å². The fourth-order valence-corrected chi connectivity index (χ4v) is 3.93. The molecule has 0 aromatic heterocycles. The normalized spacial score (nSPS) is 16.3. The van der Waals surface area contributed by atoms with E-state index in [0.717, 1.165) is 5.56 Å². The average Bonchev–Trinajstić information content (AvgIpc) is 3.01. The number of anilines is 1. The molecule has 4 rings (SSSR count). The van der Waals surface area contributed by atoms with Crippen molar-refractivity contribution in [2.24, 2.45) is 0 Å². The minimum Gasteiger partial charge on any atom is -0.503 e. The van der Waals surface area contributed by atoms with E-state index in [-0.39, 0.29) is 5.57 Å². The lowest BCUT2D eigenvalue weighted by molar-refractivity contribution is -0.117. The first-order valence-electron chi connectivity index (χ1n) is 9.26. The second kappa shape index (κ2) is 7.98. The van der Waals surface area contributed by atoms with E-state index >= 15 is 0 Å². The van der Waals surface area contributed by atoms with Gasteiger partial charge < -0.3 is 5.11 Å². The maximum atomic E-state index is 13.3. The van der Waals surface area contributed by atoms with E-state index in [1.165, 1.54) is 4.90 Å². The number of Topliss-reactive ketones (excluding diaryl/α,β-unsaturated/α-hetero) is 1. The zero-order valence-corrected chi connectivity index (χ0v) is 17.5. The van der Waals surface area contributed by atoms with Crippen LogP contribution in [0.15, 0.2) is 84.1 Å². The van der Waals surface area contributed by atoms with Gasteiger partial charge in [0.05, 0.1) is 11.6 Å². The number of carbonyl (C=O) groups excluding carboxylic acids is 2. The number of amides is 1. The standard InChI is InChI=1S/C24H17Cl2NO3/c1-14-7-10-18(26)13-19(14)27-21(15-8-11-17(25)12-9-15)20(23(29)24(27)30)22(28)16-5-3-2-4-6-16/h2-13,21,29H,1H3. The minimum absolute atomic E-state index is 0.0212. The van der Waals surface area contributed by atoms with Crippen molar-refractivity contribution in [3.8, 4) is 0 Å². The molecule has 1 aliphatic heterocycles. The van der Waals surface area contributed by atoms with Crippen molar-refractivity contribution in [1.82, 2.24) is 0 Å². The Labute approximate surface area is 184 Å². The lowest BCUT2D eigenvalue weighted by Crippen LogP contribution is -2.31. The molecule has 0 bridgehead atoms. The maximum Gasteiger partial charge on any atom is 0.294 e. The second-order valence-corrected chi connectivity index (χ2v) is 7.89. The third kappa shape index (κ3) is 3.49. The van der Waals surface area contributed by atoms with Gasteiger partial charge in [0.1, 0.15) is 0 Å². The van der Waals surface area contributed by atoms with Gasteiger partial charge in [0, 0.05) is 21.3 Å². The minimum atomic E-state index is -0.820. The molecule has 0 saturated carbocycles. The second-order valence-electron chi connectivity index (χ2n) is 7.02. The topological polar surface area (TPSA) is 57.6 Å². The van der Waals surface area contributed by atoms with E-state index in [0.29, 0.717) is 26.9 Å². The fourth-order valence-electron chi connectivity index (χ4n) is 3.63.